The highest BCUT2D eigenvalue weighted by Crippen LogP contribution is 2.18. The van der Waals surface area contributed by atoms with E-state index in [0.29, 0.717) is 11.3 Å². The molecule has 0 aromatic heterocycles. The molecule has 1 aliphatic heterocycles. The number of carboxylic acid groups (broad SMARTS) is 1. The van der Waals surface area contributed by atoms with Crippen molar-refractivity contribution in [3.8, 4) is 0 Å². The zero-order valence-electron chi connectivity index (χ0n) is 9.10. The lowest BCUT2D eigenvalue weighted by Gasteiger charge is -2.13. The molecule has 0 aromatic rings. The summed E-state index contributed by atoms with van der Waals surface area (Å²) >= 11 is 1.38. The molecule has 1 rings (SSSR count). The molecule has 88 valence electrons. The van der Waals surface area contributed by atoms with Crippen molar-refractivity contribution < 1.29 is 19.4 Å². The predicted molar refractivity (Wildman–Crippen MR) is 61.4 cm³/mol. The van der Waals surface area contributed by atoms with E-state index in [1.165, 1.54) is 17.3 Å². The van der Waals surface area contributed by atoms with Crippen LogP contribution in [-0.4, -0.2) is 35.0 Å². The lowest BCUT2D eigenvalue weighted by Crippen LogP contribution is -2.17. The number of esters is 1. The maximum atomic E-state index is 11.2. The Morgan fingerprint density at radius 1 is 1.62 bits per heavy atom. The fourth-order valence-electron chi connectivity index (χ4n) is 1.03. The lowest BCUT2D eigenvalue weighted by molar-refractivity contribution is -0.146. The number of ether oxygens (including phenoxy) is 1. The standard InChI is InChI=1S/C10H13NO4S/c1-6(2)10(14)15-3-7-4-16-5-11-8(7)9(12)13/h5-6H,3-4H2,1-2H3,(H,12,13). The molecule has 0 saturated heterocycles. The molecule has 6 heteroatoms. The van der Waals surface area contributed by atoms with E-state index in [2.05, 4.69) is 4.99 Å². The first kappa shape index (κ1) is 12.8. The van der Waals surface area contributed by atoms with Gasteiger partial charge in [0.15, 0.2) is 5.70 Å². The fourth-order valence-corrected chi connectivity index (χ4v) is 1.70. The second-order valence-corrected chi connectivity index (χ2v) is 4.40. The Kier molecular flexibility index (Phi) is 4.54. The van der Waals surface area contributed by atoms with Gasteiger partial charge in [-0.3, -0.25) is 4.79 Å². The van der Waals surface area contributed by atoms with Crippen LogP contribution in [0.1, 0.15) is 13.8 Å². The van der Waals surface area contributed by atoms with E-state index in [-0.39, 0.29) is 24.2 Å². The van der Waals surface area contributed by atoms with E-state index >= 15 is 0 Å². The first-order chi connectivity index (χ1) is 7.52. The molecule has 5 nitrogen and oxygen atoms in total. The molecule has 0 spiro atoms. The zero-order chi connectivity index (χ0) is 12.1. The van der Waals surface area contributed by atoms with E-state index < -0.39 is 5.97 Å². The minimum atomic E-state index is -1.09. The van der Waals surface area contributed by atoms with Gasteiger partial charge in [0.05, 0.1) is 11.5 Å². The van der Waals surface area contributed by atoms with Gasteiger partial charge in [-0.25, -0.2) is 9.79 Å². The van der Waals surface area contributed by atoms with Crippen molar-refractivity contribution in [2.75, 3.05) is 12.4 Å². The molecular weight excluding hydrogens is 230 g/mol. The number of carbonyl (C=O) groups excluding carboxylic acids is 1. The Hall–Kier alpha value is -1.30. The molecule has 0 bridgehead atoms. The van der Waals surface area contributed by atoms with Crippen LogP contribution in [0.25, 0.3) is 0 Å². The number of nitrogens with zero attached hydrogens (tertiary/aromatic N) is 1. The molecule has 0 aromatic carbocycles. The summed E-state index contributed by atoms with van der Waals surface area (Å²) in [5.41, 5.74) is 2.00. The van der Waals surface area contributed by atoms with Crippen LogP contribution >= 0.6 is 11.8 Å². The number of hydrogen-bond acceptors (Lipinski definition) is 5. The van der Waals surface area contributed by atoms with Gasteiger partial charge in [-0.05, 0) is 0 Å². The Morgan fingerprint density at radius 3 is 2.88 bits per heavy atom. The normalized spacial score (nSPS) is 15.4. The summed E-state index contributed by atoms with van der Waals surface area (Å²) in [6.07, 6.45) is 0. The number of thioether (sulfide) groups is 1. The monoisotopic (exact) mass is 243 g/mol. The Morgan fingerprint density at radius 2 is 2.31 bits per heavy atom. The van der Waals surface area contributed by atoms with Crippen LogP contribution in [0.15, 0.2) is 16.3 Å². The highest BCUT2D eigenvalue weighted by Gasteiger charge is 2.18. The van der Waals surface area contributed by atoms with Crippen molar-refractivity contribution in [1.29, 1.82) is 0 Å². The highest BCUT2D eigenvalue weighted by molar-refractivity contribution is 8.12. The zero-order valence-corrected chi connectivity index (χ0v) is 9.91. The SMILES string of the molecule is CC(C)C(=O)OCC1=C(C(=O)O)N=CSC1. The second-order valence-electron chi connectivity index (χ2n) is 3.57. The Labute approximate surface area is 97.6 Å². The van der Waals surface area contributed by atoms with Crippen molar-refractivity contribution in [3.05, 3.63) is 11.3 Å². The minimum absolute atomic E-state index is 0.00296. The van der Waals surface area contributed by atoms with Gasteiger partial charge < -0.3 is 9.84 Å². The van der Waals surface area contributed by atoms with Gasteiger partial charge in [-0.1, -0.05) is 13.8 Å². The summed E-state index contributed by atoms with van der Waals surface area (Å²) in [4.78, 5) is 25.8. The number of carbonyl (C=O) groups is 2. The van der Waals surface area contributed by atoms with Crippen molar-refractivity contribution in [3.63, 3.8) is 0 Å². The van der Waals surface area contributed by atoms with Gasteiger partial charge >= 0.3 is 11.9 Å². The number of aliphatic imine (C=N–C) groups is 1. The van der Waals surface area contributed by atoms with Crippen LogP contribution in [0.5, 0.6) is 0 Å². The third kappa shape index (κ3) is 3.37. The molecular formula is C10H13NO4S. The van der Waals surface area contributed by atoms with Crippen LogP contribution in [0.2, 0.25) is 0 Å². The first-order valence-corrected chi connectivity index (χ1v) is 5.83. The Bertz CT molecular complexity index is 360. The van der Waals surface area contributed by atoms with Gasteiger partial charge in [0.25, 0.3) is 0 Å². The predicted octanol–water partition coefficient (Wildman–Crippen LogP) is 1.30. The minimum Gasteiger partial charge on any atom is -0.477 e. The molecule has 0 atom stereocenters. The molecule has 16 heavy (non-hydrogen) atoms. The molecule has 0 aliphatic carbocycles. The molecule has 0 amide bonds. The van der Waals surface area contributed by atoms with Crippen molar-refractivity contribution >= 4 is 29.2 Å². The van der Waals surface area contributed by atoms with Gasteiger partial charge in [-0.2, -0.15) is 0 Å². The topological polar surface area (TPSA) is 76.0 Å². The summed E-state index contributed by atoms with van der Waals surface area (Å²) in [5, 5.41) is 8.86. The van der Waals surface area contributed by atoms with Gasteiger partial charge in [0.2, 0.25) is 0 Å². The second kappa shape index (κ2) is 5.69. The van der Waals surface area contributed by atoms with E-state index in [0.717, 1.165) is 0 Å². The summed E-state index contributed by atoms with van der Waals surface area (Å²) in [7, 11) is 0. The lowest BCUT2D eigenvalue weighted by atomic mass is 10.2. The summed E-state index contributed by atoms with van der Waals surface area (Å²) in [5.74, 6) is -1.14. The third-order valence-electron chi connectivity index (χ3n) is 1.91. The maximum absolute atomic E-state index is 11.2. The molecule has 1 aliphatic rings. The van der Waals surface area contributed by atoms with Gasteiger partial charge in [0.1, 0.15) is 6.61 Å². The van der Waals surface area contributed by atoms with E-state index in [4.69, 9.17) is 9.84 Å². The van der Waals surface area contributed by atoms with Crippen LogP contribution in [0.4, 0.5) is 0 Å². The molecule has 0 radical (unpaired) electrons. The number of rotatable bonds is 4. The summed E-state index contributed by atoms with van der Waals surface area (Å²) < 4.78 is 4.98. The number of carboxylic acids is 1. The highest BCUT2D eigenvalue weighted by atomic mass is 32.2. The summed E-state index contributed by atoms with van der Waals surface area (Å²) in [6.45, 7) is 3.45. The average Bonchev–Trinajstić information content (AvgIpc) is 2.25. The molecule has 0 unspecified atom stereocenters. The molecule has 0 fully saturated rings. The van der Waals surface area contributed by atoms with Crippen molar-refractivity contribution in [2.45, 2.75) is 13.8 Å². The fraction of sp³-hybridized carbons (Fsp3) is 0.500. The average molecular weight is 243 g/mol. The van der Waals surface area contributed by atoms with Gasteiger partial charge in [-0.15, -0.1) is 11.8 Å². The van der Waals surface area contributed by atoms with Crippen molar-refractivity contribution in [2.24, 2.45) is 10.9 Å². The largest absolute Gasteiger partial charge is 0.477 e. The summed E-state index contributed by atoms with van der Waals surface area (Å²) in [6, 6.07) is 0. The van der Waals surface area contributed by atoms with E-state index in [1.807, 2.05) is 0 Å². The van der Waals surface area contributed by atoms with Crippen LogP contribution < -0.4 is 0 Å². The van der Waals surface area contributed by atoms with E-state index in [1.54, 1.807) is 13.8 Å². The van der Waals surface area contributed by atoms with Crippen LogP contribution in [0.3, 0.4) is 0 Å². The quantitative estimate of drug-likeness (QED) is 0.753. The third-order valence-corrected chi connectivity index (χ3v) is 2.68. The van der Waals surface area contributed by atoms with Crippen molar-refractivity contribution in [1.82, 2.24) is 0 Å². The first-order valence-electron chi connectivity index (χ1n) is 4.78. The Balaban J connectivity index is 2.67. The molecule has 1 N–H and O–H groups in total. The number of aliphatic carboxylic acids is 1. The van der Waals surface area contributed by atoms with E-state index in [9.17, 15) is 9.59 Å². The molecule has 0 saturated carbocycles. The van der Waals surface area contributed by atoms with Crippen LogP contribution in [-0.2, 0) is 14.3 Å². The maximum Gasteiger partial charge on any atom is 0.354 e. The molecule has 1 heterocycles. The van der Waals surface area contributed by atoms with Gasteiger partial charge in [0, 0.05) is 11.3 Å². The smallest absolute Gasteiger partial charge is 0.354 e. The number of hydrogen-bond donors (Lipinski definition) is 1. The van der Waals surface area contributed by atoms with Crippen LogP contribution in [0, 0.1) is 5.92 Å².